The second-order valence-corrected chi connectivity index (χ2v) is 9.61. The second-order valence-electron chi connectivity index (χ2n) is 9.61. The fourth-order valence-corrected chi connectivity index (χ4v) is 5.42. The van der Waals surface area contributed by atoms with Crippen LogP contribution in [0.4, 0.5) is 4.79 Å². The third-order valence-electron chi connectivity index (χ3n) is 7.38. The molecule has 0 aliphatic carbocycles. The highest BCUT2D eigenvalue weighted by molar-refractivity contribution is 6.08. The van der Waals surface area contributed by atoms with Crippen LogP contribution in [0.1, 0.15) is 43.6 Å². The summed E-state index contributed by atoms with van der Waals surface area (Å²) in [5.74, 6) is 0.699. The van der Waals surface area contributed by atoms with Gasteiger partial charge in [-0.05, 0) is 68.9 Å². The number of carbonyl (C=O) groups excluding carboxylic acids is 2. The van der Waals surface area contributed by atoms with Gasteiger partial charge in [-0.1, -0.05) is 19.1 Å². The monoisotopic (exact) mass is 476 g/mol. The second kappa shape index (κ2) is 8.61. The summed E-state index contributed by atoms with van der Waals surface area (Å²) in [5, 5.41) is 11.2. The highest BCUT2D eigenvalue weighted by atomic mass is 16.5. The summed E-state index contributed by atoms with van der Waals surface area (Å²) in [6, 6.07) is 12.0. The number of hydrogen-bond acceptors (Lipinski definition) is 5. The number of aromatic nitrogens is 1. The molecule has 3 aromatic rings. The molecule has 0 saturated carbocycles. The predicted molar refractivity (Wildman–Crippen MR) is 134 cm³/mol. The number of fused-ring (bicyclic) bond motifs is 4. The van der Waals surface area contributed by atoms with Crippen LogP contribution in [0.2, 0.25) is 0 Å². The molecule has 184 valence electrons. The quantitative estimate of drug-likeness (QED) is 0.505. The molecular formula is C27H32N4O4. The van der Waals surface area contributed by atoms with Gasteiger partial charge in [0, 0.05) is 36.1 Å². The molecule has 8 heteroatoms. The van der Waals surface area contributed by atoms with Crippen molar-refractivity contribution in [2.45, 2.75) is 38.8 Å². The molecule has 35 heavy (non-hydrogen) atoms. The molecule has 1 fully saturated rings. The zero-order valence-corrected chi connectivity index (χ0v) is 20.7. The van der Waals surface area contributed by atoms with Crippen LogP contribution < -0.4 is 4.74 Å². The number of amides is 3. The van der Waals surface area contributed by atoms with E-state index in [2.05, 4.69) is 9.88 Å². The Labute approximate surface area is 205 Å². The minimum absolute atomic E-state index is 0.116. The maximum absolute atomic E-state index is 13.8. The van der Waals surface area contributed by atoms with Crippen LogP contribution in [0, 0.1) is 0 Å². The topological polar surface area (TPSA) is 89.1 Å². The van der Waals surface area contributed by atoms with Crippen molar-refractivity contribution in [3.8, 4) is 11.5 Å². The van der Waals surface area contributed by atoms with E-state index >= 15 is 0 Å². The van der Waals surface area contributed by atoms with Gasteiger partial charge in [0.2, 0.25) is 0 Å². The molecule has 2 N–H and O–H groups in total. The van der Waals surface area contributed by atoms with Gasteiger partial charge in [-0.3, -0.25) is 14.6 Å². The lowest BCUT2D eigenvalue weighted by Gasteiger charge is -2.42. The van der Waals surface area contributed by atoms with Gasteiger partial charge in [0.15, 0.2) is 0 Å². The summed E-state index contributed by atoms with van der Waals surface area (Å²) in [6.45, 7) is 8.20. The van der Waals surface area contributed by atoms with E-state index in [1.165, 1.54) is 4.90 Å². The minimum Gasteiger partial charge on any atom is -0.508 e. The predicted octanol–water partition coefficient (Wildman–Crippen LogP) is 3.89. The van der Waals surface area contributed by atoms with Gasteiger partial charge < -0.3 is 19.7 Å². The molecule has 8 nitrogen and oxygen atoms in total. The van der Waals surface area contributed by atoms with E-state index in [0.29, 0.717) is 26.1 Å². The average molecular weight is 477 g/mol. The lowest BCUT2D eigenvalue weighted by molar-refractivity contribution is -0.133. The summed E-state index contributed by atoms with van der Waals surface area (Å²) in [7, 11) is 1.97. The number of H-pyrrole nitrogens is 1. The number of aromatic amines is 1. The van der Waals surface area contributed by atoms with Crippen molar-refractivity contribution in [1.82, 2.24) is 19.7 Å². The number of nitrogens with zero attached hydrogens (tertiary/aromatic N) is 3. The first-order valence-electron chi connectivity index (χ1n) is 12.2. The van der Waals surface area contributed by atoms with E-state index in [-0.39, 0.29) is 17.7 Å². The Kier molecular flexibility index (Phi) is 5.71. The van der Waals surface area contributed by atoms with Crippen molar-refractivity contribution in [2.24, 2.45) is 0 Å². The molecule has 3 heterocycles. The Morgan fingerprint density at radius 3 is 2.71 bits per heavy atom. The summed E-state index contributed by atoms with van der Waals surface area (Å²) in [4.78, 5) is 36.3. The third kappa shape index (κ3) is 3.63. The Bertz CT molecular complexity index is 1300. The Morgan fingerprint density at radius 2 is 2.00 bits per heavy atom. The Balaban J connectivity index is 1.67. The highest BCUT2D eigenvalue weighted by Gasteiger charge is 2.60. The molecule has 2 aliphatic heterocycles. The van der Waals surface area contributed by atoms with Crippen LogP contribution in [0.25, 0.3) is 10.9 Å². The number of imide groups is 1. The Morgan fingerprint density at radius 1 is 1.20 bits per heavy atom. The van der Waals surface area contributed by atoms with Crippen molar-refractivity contribution < 1.29 is 19.4 Å². The number of phenols is 1. The van der Waals surface area contributed by atoms with Gasteiger partial charge in [0.1, 0.15) is 23.1 Å². The lowest BCUT2D eigenvalue weighted by Crippen LogP contribution is -2.53. The van der Waals surface area contributed by atoms with Gasteiger partial charge in [0.05, 0.1) is 6.61 Å². The van der Waals surface area contributed by atoms with Crippen molar-refractivity contribution in [2.75, 3.05) is 33.3 Å². The fraction of sp³-hybridized carbons (Fsp3) is 0.407. The molecule has 2 aliphatic rings. The number of aromatic hydroxyl groups is 1. The van der Waals surface area contributed by atoms with Crippen LogP contribution in [-0.2, 0) is 11.2 Å². The van der Waals surface area contributed by atoms with Crippen LogP contribution >= 0.6 is 0 Å². The van der Waals surface area contributed by atoms with Crippen molar-refractivity contribution in [3.05, 3.63) is 59.3 Å². The highest BCUT2D eigenvalue weighted by Crippen LogP contribution is 2.49. The number of hydrogen-bond donors (Lipinski definition) is 2. The average Bonchev–Trinajstić information content (AvgIpc) is 3.28. The van der Waals surface area contributed by atoms with Crippen molar-refractivity contribution in [1.29, 1.82) is 0 Å². The SMILES string of the molecule is CCOc1ccc2[nH]c3c(c2c1)C[C@@]1(C)C(=O)N(CCN(C)CC)C(=O)N1[C@@H]3c1cccc(O)c1. The number of ether oxygens (including phenoxy) is 1. The maximum Gasteiger partial charge on any atom is 0.328 e. The molecule has 2 aromatic carbocycles. The van der Waals surface area contributed by atoms with E-state index in [4.69, 9.17) is 4.74 Å². The van der Waals surface area contributed by atoms with Gasteiger partial charge in [-0.2, -0.15) is 0 Å². The molecule has 1 saturated heterocycles. The normalized spacial score (nSPS) is 21.7. The minimum atomic E-state index is -1.04. The van der Waals surface area contributed by atoms with E-state index in [9.17, 15) is 14.7 Å². The number of rotatable bonds is 7. The molecule has 2 atom stereocenters. The molecule has 5 rings (SSSR count). The number of nitrogens with one attached hydrogen (secondary N) is 1. The van der Waals surface area contributed by atoms with E-state index in [0.717, 1.165) is 40.0 Å². The first-order valence-corrected chi connectivity index (χ1v) is 12.2. The largest absolute Gasteiger partial charge is 0.508 e. The van der Waals surface area contributed by atoms with Gasteiger partial charge in [-0.15, -0.1) is 0 Å². The first-order chi connectivity index (χ1) is 16.8. The maximum atomic E-state index is 13.8. The van der Waals surface area contributed by atoms with Gasteiger partial charge in [-0.25, -0.2) is 4.79 Å². The molecule has 3 amide bonds. The van der Waals surface area contributed by atoms with Crippen LogP contribution in [0.5, 0.6) is 11.5 Å². The number of likely N-dealkylation sites (N-methyl/N-ethyl adjacent to an activating group) is 1. The van der Waals surface area contributed by atoms with E-state index in [1.54, 1.807) is 23.1 Å². The number of carbonyl (C=O) groups is 2. The standard InChI is InChI=1S/C27H32N4O4/c1-5-29(4)12-13-30-25(33)27(3)16-21-20-15-19(35-6-2)10-11-22(20)28-23(21)24(31(27)26(30)34)17-8-7-9-18(32)14-17/h7-11,14-15,24,28,32H,5-6,12-13,16H2,1-4H3/t24-,27+/m1/s1. The summed E-state index contributed by atoms with van der Waals surface area (Å²) >= 11 is 0. The number of phenolic OH excluding ortho intramolecular Hbond substituents is 1. The van der Waals surface area contributed by atoms with Gasteiger partial charge >= 0.3 is 6.03 Å². The fourth-order valence-electron chi connectivity index (χ4n) is 5.42. The molecule has 0 unspecified atom stereocenters. The number of urea groups is 1. The van der Waals surface area contributed by atoms with Crippen LogP contribution in [-0.4, -0.2) is 75.6 Å². The smallest absolute Gasteiger partial charge is 0.328 e. The Hall–Kier alpha value is -3.52. The molecule has 1 aromatic heterocycles. The van der Waals surface area contributed by atoms with Gasteiger partial charge in [0.25, 0.3) is 5.91 Å². The van der Waals surface area contributed by atoms with Crippen LogP contribution in [0.15, 0.2) is 42.5 Å². The third-order valence-corrected chi connectivity index (χ3v) is 7.38. The molecule has 0 radical (unpaired) electrons. The molecule has 0 spiro atoms. The van der Waals surface area contributed by atoms with Crippen molar-refractivity contribution in [3.63, 3.8) is 0 Å². The zero-order valence-electron chi connectivity index (χ0n) is 20.7. The number of benzene rings is 2. The summed E-state index contributed by atoms with van der Waals surface area (Å²) in [6.07, 6.45) is 0.401. The molecule has 0 bridgehead atoms. The lowest BCUT2D eigenvalue weighted by atomic mass is 9.81. The zero-order chi connectivity index (χ0) is 24.9. The first kappa shape index (κ1) is 23.2. The summed E-state index contributed by atoms with van der Waals surface area (Å²) < 4.78 is 5.74. The van der Waals surface area contributed by atoms with E-state index in [1.807, 2.05) is 52.1 Å². The van der Waals surface area contributed by atoms with Crippen LogP contribution in [0.3, 0.4) is 0 Å². The van der Waals surface area contributed by atoms with E-state index < -0.39 is 11.6 Å². The van der Waals surface area contributed by atoms with Crippen molar-refractivity contribution >= 4 is 22.8 Å². The molecular weight excluding hydrogens is 444 g/mol. The summed E-state index contributed by atoms with van der Waals surface area (Å²) in [5.41, 5.74) is 2.51.